The number of nitrogens with two attached hydrogens (primary N) is 1. The van der Waals surface area contributed by atoms with Gasteiger partial charge in [-0.25, -0.2) is 0 Å². The Morgan fingerprint density at radius 2 is 2.31 bits per heavy atom. The van der Waals surface area contributed by atoms with Gasteiger partial charge in [-0.1, -0.05) is 0 Å². The second kappa shape index (κ2) is 6.18. The summed E-state index contributed by atoms with van der Waals surface area (Å²) >= 11 is 0. The molecule has 0 aromatic carbocycles. The van der Waals surface area contributed by atoms with Crippen molar-refractivity contribution in [1.82, 2.24) is 4.90 Å². The summed E-state index contributed by atoms with van der Waals surface area (Å²) in [5, 5.41) is 0. The van der Waals surface area contributed by atoms with Crippen LogP contribution in [0.5, 0.6) is 0 Å². The van der Waals surface area contributed by atoms with E-state index >= 15 is 0 Å². The fourth-order valence-electron chi connectivity index (χ4n) is 1.78. The van der Waals surface area contributed by atoms with Gasteiger partial charge in [-0.2, -0.15) is 0 Å². The molecule has 3 atom stereocenters. The smallest absolute Gasteiger partial charge is 0.323 e. The lowest BCUT2D eigenvalue weighted by molar-refractivity contribution is -0.152. The van der Waals surface area contributed by atoms with Gasteiger partial charge in [0.15, 0.2) is 0 Å². The Bertz CT molecular complexity index is 233. The number of nitrogens with zero attached hydrogens (tertiary/aromatic N) is 1. The highest BCUT2D eigenvalue weighted by Gasteiger charge is 2.29. The van der Waals surface area contributed by atoms with E-state index in [2.05, 4.69) is 4.90 Å². The van der Waals surface area contributed by atoms with Gasteiger partial charge in [0.25, 0.3) is 0 Å². The number of morpholine rings is 1. The third-order valence-electron chi connectivity index (χ3n) is 2.89. The number of hydrogen-bond acceptors (Lipinski definition) is 5. The predicted octanol–water partition coefficient (Wildman–Crippen LogP) is -0.0140. The van der Waals surface area contributed by atoms with E-state index < -0.39 is 0 Å². The molecule has 0 bridgehead atoms. The molecule has 1 aliphatic rings. The van der Waals surface area contributed by atoms with Crippen molar-refractivity contribution in [3.05, 3.63) is 0 Å². The number of ether oxygens (including phenoxy) is 2. The molecule has 0 saturated carbocycles. The van der Waals surface area contributed by atoms with Crippen LogP contribution in [0.1, 0.15) is 20.8 Å². The van der Waals surface area contributed by atoms with Gasteiger partial charge in [0, 0.05) is 19.1 Å². The van der Waals surface area contributed by atoms with Crippen LogP contribution in [-0.4, -0.2) is 55.4 Å². The first-order valence-corrected chi connectivity index (χ1v) is 5.84. The summed E-state index contributed by atoms with van der Waals surface area (Å²) in [5.41, 5.74) is 5.80. The Hall–Kier alpha value is -0.650. The zero-order valence-corrected chi connectivity index (χ0v) is 10.3. The highest BCUT2D eigenvalue weighted by molar-refractivity contribution is 5.75. The van der Waals surface area contributed by atoms with Gasteiger partial charge in [0.1, 0.15) is 6.04 Å². The van der Waals surface area contributed by atoms with Gasteiger partial charge in [-0.05, 0) is 20.8 Å². The van der Waals surface area contributed by atoms with Gasteiger partial charge >= 0.3 is 5.97 Å². The van der Waals surface area contributed by atoms with Gasteiger partial charge < -0.3 is 15.2 Å². The molecule has 1 fully saturated rings. The summed E-state index contributed by atoms with van der Waals surface area (Å²) in [6.07, 6.45) is 0.00521. The minimum absolute atomic E-state index is 0.00521. The number of hydrogen-bond donors (Lipinski definition) is 1. The minimum Gasteiger partial charge on any atom is -0.465 e. The molecule has 16 heavy (non-hydrogen) atoms. The molecule has 1 heterocycles. The zero-order chi connectivity index (χ0) is 12.1. The Morgan fingerprint density at radius 3 is 2.88 bits per heavy atom. The maximum Gasteiger partial charge on any atom is 0.323 e. The van der Waals surface area contributed by atoms with E-state index in [0.29, 0.717) is 19.8 Å². The van der Waals surface area contributed by atoms with Crippen LogP contribution in [0.2, 0.25) is 0 Å². The fraction of sp³-hybridized carbons (Fsp3) is 0.909. The Labute approximate surface area is 96.9 Å². The Kier molecular flexibility index (Phi) is 5.18. The van der Waals surface area contributed by atoms with Gasteiger partial charge in [-0.3, -0.25) is 9.69 Å². The predicted molar refractivity (Wildman–Crippen MR) is 61.1 cm³/mol. The molecule has 5 nitrogen and oxygen atoms in total. The van der Waals surface area contributed by atoms with Crippen LogP contribution in [0.4, 0.5) is 0 Å². The van der Waals surface area contributed by atoms with Crippen molar-refractivity contribution in [2.75, 3.05) is 26.3 Å². The van der Waals surface area contributed by atoms with E-state index in [-0.39, 0.29) is 24.2 Å². The number of rotatable bonds is 4. The first kappa shape index (κ1) is 13.4. The van der Waals surface area contributed by atoms with E-state index in [0.717, 1.165) is 6.54 Å². The van der Waals surface area contributed by atoms with Crippen molar-refractivity contribution in [3.63, 3.8) is 0 Å². The lowest BCUT2D eigenvalue weighted by Gasteiger charge is -2.37. The number of esters is 1. The molecule has 2 N–H and O–H groups in total. The van der Waals surface area contributed by atoms with Crippen molar-refractivity contribution >= 4 is 5.97 Å². The summed E-state index contributed by atoms with van der Waals surface area (Å²) in [6.45, 7) is 8.08. The summed E-state index contributed by atoms with van der Waals surface area (Å²) < 4.78 is 10.5. The Balaban J connectivity index is 2.49. The van der Waals surface area contributed by atoms with Crippen LogP contribution in [-0.2, 0) is 14.3 Å². The van der Waals surface area contributed by atoms with E-state index in [9.17, 15) is 4.79 Å². The average Bonchev–Trinajstić information content (AvgIpc) is 2.28. The molecule has 5 heteroatoms. The fourth-order valence-corrected chi connectivity index (χ4v) is 1.78. The molecule has 0 amide bonds. The van der Waals surface area contributed by atoms with Gasteiger partial charge in [0.05, 0.1) is 19.3 Å². The standard InChI is InChI=1S/C11H22N2O3/c1-4-15-11(14)9(3)13-5-6-16-10(7-13)8(2)12/h8-10H,4-7,12H2,1-3H3. The summed E-state index contributed by atoms with van der Waals surface area (Å²) in [6, 6.07) is -0.234. The van der Waals surface area contributed by atoms with Crippen LogP contribution >= 0.6 is 0 Å². The van der Waals surface area contributed by atoms with Crippen molar-refractivity contribution in [3.8, 4) is 0 Å². The van der Waals surface area contributed by atoms with Gasteiger partial charge in [-0.15, -0.1) is 0 Å². The molecule has 3 unspecified atom stereocenters. The monoisotopic (exact) mass is 230 g/mol. The lowest BCUT2D eigenvalue weighted by atomic mass is 10.1. The molecule has 0 aliphatic carbocycles. The maximum absolute atomic E-state index is 11.6. The summed E-state index contributed by atoms with van der Waals surface area (Å²) in [7, 11) is 0. The molecule has 0 spiro atoms. The van der Waals surface area contributed by atoms with Crippen molar-refractivity contribution in [1.29, 1.82) is 0 Å². The quantitative estimate of drug-likeness (QED) is 0.688. The molecule has 0 aromatic rings. The SMILES string of the molecule is CCOC(=O)C(C)N1CCOC(C(C)N)C1. The average molecular weight is 230 g/mol. The third-order valence-corrected chi connectivity index (χ3v) is 2.89. The number of carbonyl (C=O) groups excluding carboxylic acids is 1. The second-order valence-electron chi connectivity index (χ2n) is 4.19. The van der Waals surface area contributed by atoms with Crippen LogP contribution in [0, 0.1) is 0 Å². The summed E-state index contributed by atoms with van der Waals surface area (Å²) in [5.74, 6) is -0.173. The Morgan fingerprint density at radius 1 is 1.62 bits per heavy atom. The van der Waals surface area contributed by atoms with Crippen molar-refractivity contribution in [2.45, 2.75) is 39.0 Å². The molecule has 1 rings (SSSR count). The topological polar surface area (TPSA) is 64.8 Å². The minimum atomic E-state index is -0.218. The first-order valence-electron chi connectivity index (χ1n) is 5.84. The van der Waals surface area contributed by atoms with E-state index in [1.165, 1.54) is 0 Å². The second-order valence-corrected chi connectivity index (χ2v) is 4.19. The van der Waals surface area contributed by atoms with Gasteiger partial charge in [0.2, 0.25) is 0 Å². The molecule has 1 aliphatic heterocycles. The van der Waals surface area contributed by atoms with Crippen LogP contribution in [0.25, 0.3) is 0 Å². The largest absolute Gasteiger partial charge is 0.465 e. The normalized spacial score (nSPS) is 26.1. The number of carbonyl (C=O) groups is 1. The molecule has 1 saturated heterocycles. The van der Waals surface area contributed by atoms with E-state index in [1.807, 2.05) is 20.8 Å². The lowest BCUT2D eigenvalue weighted by Crippen LogP contribution is -2.54. The molecular formula is C11H22N2O3. The highest BCUT2D eigenvalue weighted by Crippen LogP contribution is 2.11. The third kappa shape index (κ3) is 3.43. The molecule has 0 aromatic heterocycles. The molecule has 94 valence electrons. The van der Waals surface area contributed by atoms with Crippen LogP contribution in [0.15, 0.2) is 0 Å². The van der Waals surface area contributed by atoms with Crippen LogP contribution < -0.4 is 5.73 Å². The molecule has 0 radical (unpaired) electrons. The van der Waals surface area contributed by atoms with Crippen molar-refractivity contribution < 1.29 is 14.3 Å². The summed E-state index contributed by atoms with van der Waals surface area (Å²) in [4.78, 5) is 13.6. The van der Waals surface area contributed by atoms with E-state index in [1.54, 1.807) is 0 Å². The van der Waals surface area contributed by atoms with Crippen molar-refractivity contribution in [2.24, 2.45) is 5.73 Å². The van der Waals surface area contributed by atoms with Crippen LogP contribution in [0.3, 0.4) is 0 Å². The first-order chi connectivity index (χ1) is 7.56. The maximum atomic E-state index is 11.6. The van der Waals surface area contributed by atoms with E-state index in [4.69, 9.17) is 15.2 Å². The molecular weight excluding hydrogens is 208 g/mol. The zero-order valence-electron chi connectivity index (χ0n) is 10.3. The highest BCUT2D eigenvalue weighted by atomic mass is 16.5.